The Morgan fingerprint density at radius 1 is 0.900 bits per heavy atom. The maximum absolute atomic E-state index is 11.1. The van der Waals surface area contributed by atoms with Gasteiger partial charge in [-0.3, -0.25) is 10.1 Å². The molecule has 0 aliphatic rings. The molecule has 0 aliphatic carbocycles. The second-order valence-electron chi connectivity index (χ2n) is 4.26. The number of carbonyl (C=O) groups is 1. The number of carbonyl (C=O) groups excluding carboxylic acids is 1. The molecule has 3 aromatic rings. The Kier molecular flexibility index (Phi) is 2.80. The van der Waals surface area contributed by atoms with Gasteiger partial charge in [-0.05, 0) is 28.3 Å². The van der Waals surface area contributed by atoms with Gasteiger partial charge in [-0.25, -0.2) is 0 Å². The van der Waals surface area contributed by atoms with Gasteiger partial charge in [0.1, 0.15) is 10.7 Å². The molecule has 5 nitrogen and oxygen atoms in total. The number of nitro groups is 1. The molecule has 3 rings (SSSR count). The lowest BCUT2D eigenvalue weighted by Gasteiger charge is -2.07. The van der Waals surface area contributed by atoms with Crippen LogP contribution in [0.15, 0.2) is 54.6 Å². The molecule has 98 valence electrons. The van der Waals surface area contributed by atoms with Crippen LogP contribution in [-0.2, 0) is 0 Å². The van der Waals surface area contributed by atoms with E-state index in [9.17, 15) is 14.9 Å². The van der Waals surface area contributed by atoms with E-state index in [0.29, 0.717) is 5.39 Å². The molecule has 0 radical (unpaired) electrons. The summed E-state index contributed by atoms with van der Waals surface area (Å²) in [5.74, 6) is 0.190. The highest BCUT2D eigenvalue weighted by atomic mass is 16.7. The van der Waals surface area contributed by atoms with Crippen LogP contribution in [0.25, 0.3) is 21.5 Å². The Balaban J connectivity index is 2.22. The van der Waals surface area contributed by atoms with Gasteiger partial charge in [-0.1, -0.05) is 42.5 Å². The number of nitrogens with zero attached hydrogens (tertiary/aromatic N) is 1. The summed E-state index contributed by atoms with van der Waals surface area (Å²) in [6, 6.07) is 16.6. The number of hydrogen-bond acceptors (Lipinski definition) is 4. The van der Waals surface area contributed by atoms with Crippen LogP contribution in [0.3, 0.4) is 0 Å². The zero-order valence-electron chi connectivity index (χ0n) is 10.3. The fourth-order valence-corrected chi connectivity index (χ4v) is 2.23. The zero-order chi connectivity index (χ0) is 14.1. The van der Waals surface area contributed by atoms with Crippen LogP contribution in [-0.4, -0.2) is 11.0 Å². The van der Waals surface area contributed by atoms with Crippen molar-refractivity contribution in [1.82, 2.24) is 0 Å². The first-order valence-electron chi connectivity index (χ1n) is 5.93. The second kappa shape index (κ2) is 4.62. The van der Waals surface area contributed by atoms with E-state index in [1.165, 1.54) is 0 Å². The van der Waals surface area contributed by atoms with Gasteiger partial charge < -0.3 is 4.74 Å². The van der Waals surface area contributed by atoms with E-state index in [4.69, 9.17) is 4.74 Å². The summed E-state index contributed by atoms with van der Waals surface area (Å²) in [7, 11) is 0. The predicted molar refractivity (Wildman–Crippen MR) is 74.5 cm³/mol. The third kappa shape index (κ3) is 1.95. The Bertz CT molecular complexity index is 842. The van der Waals surface area contributed by atoms with Gasteiger partial charge in [-0.2, -0.15) is 4.79 Å². The molecular weight excluding hydrogens is 258 g/mol. The van der Waals surface area contributed by atoms with Gasteiger partial charge in [0.2, 0.25) is 0 Å². The minimum atomic E-state index is -1.48. The summed E-state index contributed by atoms with van der Waals surface area (Å²) in [5.41, 5.74) is 0. The van der Waals surface area contributed by atoms with E-state index in [-0.39, 0.29) is 5.75 Å². The highest BCUT2D eigenvalue weighted by Crippen LogP contribution is 2.31. The van der Waals surface area contributed by atoms with E-state index < -0.39 is 11.0 Å². The zero-order valence-corrected chi connectivity index (χ0v) is 10.3. The van der Waals surface area contributed by atoms with E-state index in [0.717, 1.165) is 16.2 Å². The fourth-order valence-electron chi connectivity index (χ4n) is 2.23. The highest BCUT2D eigenvalue weighted by molar-refractivity contribution is 6.09. The molecule has 1 amide bonds. The monoisotopic (exact) mass is 267 g/mol. The molecule has 0 bridgehead atoms. The van der Waals surface area contributed by atoms with Crippen LogP contribution in [0.1, 0.15) is 0 Å². The first kappa shape index (κ1) is 12.1. The summed E-state index contributed by atoms with van der Waals surface area (Å²) in [4.78, 5) is 20.4. The lowest BCUT2D eigenvalue weighted by atomic mass is 10.0. The first-order valence-corrected chi connectivity index (χ1v) is 5.93. The van der Waals surface area contributed by atoms with Crippen molar-refractivity contribution in [3.63, 3.8) is 0 Å². The van der Waals surface area contributed by atoms with Crippen molar-refractivity contribution >= 4 is 27.6 Å². The molecule has 0 saturated carbocycles. The lowest BCUT2D eigenvalue weighted by molar-refractivity contribution is -0.389. The minimum absolute atomic E-state index is 0.190. The van der Waals surface area contributed by atoms with Crippen molar-refractivity contribution in [3.05, 3.63) is 64.7 Å². The number of rotatable bonds is 1. The third-order valence-electron chi connectivity index (χ3n) is 3.09. The van der Waals surface area contributed by atoms with Gasteiger partial charge in [-0.15, -0.1) is 0 Å². The quantitative estimate of drug-likeness (QED) is 0.382. The summed E-state index contributed by atoms with van der Waals surface area (Å²) in [5, 5.41) is 14.0. The molecule has 0 spiro atoms. The molecule has 0 fully saturated rings. The highest BCUT2D eigenvalue weighted by Gasteiger charge is 2.19. The molecule has 20 heavy (non-hydrogen) atoms. The Labute approximate surface area is 113 Å². The van der Waals surface area contributed by atoms with Crippen LogP contribution in [0.2, 0.25) is 0 Å². The van der Waals surface area contributed by atoms with Crippen molar-refractivity contribution in [3.8, 4) is 5.75 Å². The Hall–Kier alpha value is -2.95. The molecule has 0 heterocycles. The predicted octanol–water partition coefficient (Wildman–Crippen LogP) is 3.77. The van der Waals surface area contributed by atoms with Crippen molar-refractivity contribution < 1.29 is 14.5 Å². The molecule has 0 unspecified atom stereocenters. The largest absolute Gasteiger partial charge is 0.662 e. The number of amides is 1. The van der Waals surface area contributed by atoms with E-state index >= 15 is 0 Å². The molecule has 0 aromatic heterocycles. The molecule has 0 saturated heterocycles. The number of hydrogen-bond donors (Lipinski definition) is 0. The van der Waals surface area contributed by atoms with Gasteiger partial charge in [0.15, 0.2) is 0 Å². The molecule has 3 aromatic carbocycles. The average molecular weight is 267 g/mol. The smallest absolute Gasteiger partial charge is 0.368 e. The number of benzene rings is 3. The van der Waals surface area contributed by atoms with Crippen LogP contribution in [0.4, 0.5) is 4.79 Å². The lowest BCUT2D eigenvalue weighted by Crippen LogP contribution is -2.16. The van der Waals surface area contributed by atoms with E-state index in [2.05, 4.69) is 0 Å². The van der Waals surface area contributed by atoms with Crippen LogP contribution in [0, 0.1) is 10.1 Å². The van der Waals surface area contributed by atoms with Gasteiger partial charge in [0, 0.05) is 5.39 Å². The first-order chi connectivity index (χ1) is 9.66. The van der Waals surface area contributed by atoms with Gasteiger partial charge in [0.05, 0.1) is 0 Å². The summed E-state index contributed by atoms with van der Waals surface area (Å²) in [6.45, 7) is 0. The molecule has 0 aliphatic heterocycles. The second-order valence-corrected chi connectivity index (χ2v) is 4.26. The number of fused-ring (bicyclic) bond motifs is 3. The van der Waals surface area contributed by atoms with Crippen molar-refractivity contribution in [2.45, 2.75) is 0 Å². The molecular formula is C15H9NO4. The minimum Gasteiger partial charge on any atom is -0.368 e. The summed E-state index contributed by atoms with van der Waals surface area (Å²) in [6.07, 6.45) is -1.48. The van der Waals surface area contributed by atoms with Crippen LogP contribution in [0.5, 0.6) is 5.75 Å². The standard InChI is InChI=1S/C15H9NO4/c17-15(16(18)19)20-14-7-3-6-12-11-5-2-1-4-10(11)8-9-13(12)14/h1-9H. The summed E-state index contributed by atoms with van der Waals surface area (Å²) < 4.78 is 4.80. The molecule has 5 heteroatoms. The topological polar surface area (TPSA) is 69.4 Å². The van der Waals surface area contributed by atoms with Gasteiger partial charge >= 0.3 is 6.09 Å². The van der Waals surface area contributed by atoms with Crippen molar-refractivity contribution in [2.75, 3.05) is 0 Å². The Morgan fingerprint density at radius 3 is 2.45 bits per heavy atom. The molecule has 0 atom stereocenters. The van der Waals surface area contributed by atoms with E-state index in [1.807, 2.05) is 36.4 Å². The Morgan fingerprint density at radius 2 is 1.65 bits per heavy atom. The fraction of sp³-hybridized carbons (Fsp3) is 0. The SMILES string of the molecule is O=C(Oc1cccc2c1ccc1ccccc12)[N+](=O)[O-]. The maximum atomic E-state index is 11.1. The third-order valence-corrected chi connectivity index (χ3v) is 3.09. The maximum Gasteiger partial charge on any atom is 0.662 e. The average Bonchev–Trinajstić information content (AvgIpc) is 2.47. The molecule has 0 N–H and O–H groups in total. The van der Waals surface area contributed by atoms with Crippen molar-refractivity contribution in [1.29, 1.82) is 0 Å². The summed E-state index contributed by atoms with van der Waals surface area (Å²) >= 11 is 0. The van der Waals surface area contributed by atoms with Crippen LogP contribution < -0.4 is 4.74 Å². The van der Waals surface area contributed by atoms with Crippen LogP contribution >= 0.6 is 0 Å². The number of ether oxygens (including phenoxy) is 1. The van der Waals surface area contributed by atoms with E-state index in [1.54, 1.807) is 18.2 Å². The van der Waals surface area contributed by atoms with Crippen molar-refractivity contribution in [2.24, 2.45) is 0 Å². The normalized spacial score (nSPS) is 10.6. The van der Waals surface area contributed by atoms with Gasteiger partial charge in [0.25, 0.3) is 0 Å².